The number of primary amides is 1. The molecule has 1 fully saturated rings. The number of carbonyl (C=O) groups is 1. The Morgan fingerprint density at radius 3 is 2.60 bits per heavy atom. The van der Waals surface area contributed by atoms with Gasteiger partial charge in [0.25, 0.3) is 0 Å². The summed E-state index contributed by atoms with van der Waals surface area (Å²) in [5.41, 5.74) is 4.42. The maximum Gasteiger partial charge on any atom is 0.220 e. The average Bonchev–Trinajstić information content (AvgIpc) is 2.10. The third-order valence-corrected chi connectivity index (χ3v) is 2.12. The van der Waals surface area contributed by atoms with E-state index in [0.29, 0.717) is 12.8 Å². The zero-order valence-electron chi connectivity index (χ0n) is 6.13. The fraction of sp³-hybridized carbons (Fsp3) is 0.857. The van der Waals surface area contributed by atoms with Gasteiger partial charge >= 0.3 is 0 Å². The van der Waals surface area contributed by atoms with Gasteiger partial charge in [-0.2, -0.15) is 0 Å². The van der Waals surface area contributed by atoms with E-state index in [1.165, 1.54) is 0 Å². The molecule has 0 aromatic carbocycles. The maximum absolute atomic E-state index is 10.6. The molecule has 0 bridgehead atoms. The molecule has 0 aromatic heterocycles. The van der Waals surface area contributed by atoms with Crippen molar-refractivity contribution in [1.29, 1.82) is 0 Å². The smallest absolute Gasteiger partial charge is 0.220 e. The summed E-state index contributed by atoms with van der Waals surface area (Å²) in [6, 6.07) is 0. The predicted molar refractivity (Wildman–Crippen MR) is 37.2 cm³/mol. The van der Waals surface area contributed by atoms with Gasteiger partial charge in [0.15, 0.2) is 0 Å². The first-order valence-corrected chi connectivity index (χ1v) is 3.53. The molecule has 2 atom stereocenters. The molecule has 3 N–H and O–H groups in total. The monoisotopic (exact) mass is 143 g/mol. The van der Waals surface area contributed by atoms with Crippen LogP contribution in [0.5, 0.6) is 0 Å². The van der Waals surface area contributed by atoms with E-state index < -0.39 is 5.60 Å². The third-order valence-electron chi connectivity index (χ3n) is 2.12. The number of amides is 1. The molecule has 2 unspecified atom stereocenters. The standard InChI is InChI=1S/C7H13NO2/c1-7(10)3-2-5(4-7)6(8)9/h5,10H,2-4H2,1H3,(H2,8,9). The summed E-state index contributed by atoms with van der Waals surface area (Å²) in [4.78, 5) is 10.6. The van der Waals surface area contributed by atoms with Crippen molar-refractivity contribution in [3.8, 4) is 0 Å². The van der Waals surface area contributed by atoms with Gasteiger partial charge in [-0.25, -0.2) is 0 Å². The molecular formula is C7H13NO2. The first-order valence-electron chi connectivity index (χ1n) is 3.53. The molecule has 1 saturated carbocycles. The van der Waals surface area contributed by atoms with Gasteiger partial charge < -0.3 is 10.8 Å². The fourth-order valence-corrected chi connectivity index (χ4v) is 1.46. The van der Waals surface area contributed by atoms with E-state index in [4.69, 9.17) is 5.73 Å². The van der Waals surface area contributed by atoms with Crippen molar-refractivity contribution in [2.45, 2.75) is 31.8 Å². The van der Waals surface area contributed by atoms with Crippen LogP contribution in [0.25, 0.3) is 0 Å². The van der Waals surface area contributed by atoms with Crippen LogP contribution in [0.1, 0.15) is 26.2 Å². The Labute approximate surface area is 60.2 Å². The van der Waals surface area contributed by atoms with Gasteiger partial charge in [-0.15, -0.1) is 0 Å². The van der Waals surface area contributed by atoms with Gasteiger partial charge in [0.2, 0.25) is 5.91 Å². The van der Waals surface area contributed by atoms with Crippen LogP contribution in [0.3, 0.4) is 0 Å². The van der Waals surface area contributed by atoms with Crippen molar-refractivity contribution in [2.75, 3.05) is 0 Å². The highest BCUT2D eigenvalue weighted by Crippen LogP contribution is 2.33. The Kier molecular flexibility index (Phi) is 1.68. The minimum atomic E-state index is -0.653. The fourth-order valence-electron chi connectivity index (χ4n) is 1.46. The number of aliphatic hydroxyl groups is 1. The quantitative estimate of drug-likeness (QED) is 0.543. The van der Waals surface area contributed by atoms with E-state index in [1.807, 2.05) is 0 Å². The topological polar surface area (TPSA) is 63.3 Å². The third kappa shape index (κ3) is 1.48. The lowest BCUT2D eigenvalue weighted by atomic mass is 10.0. The molecule has 0 heterocycles. The number of hydrogen-bond donors (Lipinski definition) is 2. The molecule has 58 valence electrons. The molecule has 0 spiro atoms. The van der Waals surface area contributed by atoms with Crippen LogP contribution < -0.4 is 5.73 Å². The van der Waals surface area contributed by atoms with Crippen LogP contribution in [0, 0.1) is 5.92 Å². The lowest BCUT2D eigenvalue weighted by molar-refractivity contribution is -0.122. The summed E-state index contributed by atoms with van der Waals surface area (Å²) in [6.45, 7) is 1.75. The van der Waals surface area contributed by atoms with Gasteiger partial charge in [0, 0.05) is 5.92 Å². The zero-order valence-corrected chi connectivity index (χ0v) is 6.13. The van der Waals surface area contributed by atoms with E-state index in [9.17, 15) is 9.90 Å². The van der Waals surface area contributed by atoms with E-state index in [2.05, 4.69) is 0 Å². The predicted octanol–water partition coefficient (Wildman–Crippen LogP) is 0.0228. The summed E-state index contributed by atoms with van der Waals surface area (Å²) in [5.74, 6) is -0.382. The van der Waals surface area contributed by atoms with Gasteiger partial charge in [-0.05, 0) is 26.2 Å². The van der Waals surface area contributed by atoms with Crippen molar-refractivity contribution in [1.82, 2.24) is 0 Å². The first kappa shape index (κ1) is 7.54. The number of carbonyl (C=O) groups excluding carboxylic acids is 1. The van der Waals surface area contributed by atoms with Crippen LogP contribution >= 0.6 is 0 Å². The van der Waals surface area contributed by atoms with Crippen LogP contribution in [-0.2, 0) is 4.79 Å². The zero-order chi connectivity index (χ0) is 7.78. The molecule has 10 heavy (non-hydrogen) atoms. The van der Waals surface area contributed by atoms with Gasteiger partial charge in [0.05, 0.1) is 5.60 Å². The van der Waals surface area contributed by atoms with Crippen LogP contribution in [0.15, 0.2) is 0 Å². The molecule has 3 nitrogen and oxygen atoms in total. The van der Waals surface area contributed by atoms with Crippen LogP contribution in [-0.4, -0.2) is 16.6 Å². The first-order chi connectivity index (χ1) is 4.51. The molecule has 1 aliphatic rings. The average molecular weight is 143 g/mol. The van der Waals surface area contributed by atoms with Gasteiger partial charge in [-0.1, -0.05) is 0 Å². The van der Waals surface area contributed by atoms with E-state index in [0.717, 1.165) is 6.42 Å². The molecular weight excluding hydrogens is 130 g/mol. The van der Waals surface area contributed by atoms with E-state index >= 15 is 0 Å². The van der Waals surface area contributed by atoms with Crippen molar-refractivity contribution in [3.63, 3.8) is 0 Å². The van der Waals surface area contributed by atoms with Crippen LogP contribution in [0.2, 0.25) is 0 Å². The summed E-state index contributed by atoms with van der Waals surface area (Å²) in [7, 11) is 0. The normalized spacial score (nSPS) is 40.0. The second kappa shape index (κ2) is 2.23. The molecule has 1 rings (SSSR count). The van der Waals surface area contributed by atoms with Gasteiger partial charge in [-0.3, -0.25) is 4.79 Å². The highest BCUT2D eigenvalue weighted by atomic mass is 16.3. The number of nitrogens with two attached hydrogens (primary N) is 1. The highest BCUT2D eigenvalue weighted by Gasteiger charge is 2.35. The second-order valence-corrected chi connectivity index (χ2v) is 3.34. The number of rotatable bonds is 1. The number of hydrogen-bond acceptors (Lipinski definition) is 2. The van der Waals surface area contributed by atoms with E-state index in [1.54, 1.807) is 6.92 Å². The molecule has 3 heteroatoms. The SMILES string of the molecule is CC1(O)CCC(C(N)=O)C1. The summed E-state index contributed by atoms with van der Waals surface area (Å²) >= 11 is 0. The Morgan fingerprint density at radius 2 is 2.40 bits per heavy atom. The minimum Gasteiger partial charge on any atom is -0.390 e. The Hall–Kier alpha value is -0.570. The molecule has 1 amide bonds. The second-order valence-electron chi connectivity index (χ2n) is 3.34. The van der Waals surface area contributed by atoms with Crippen molar-refractivity contribution < 1.29 is 9.90 Å². The van der Waals surface area contributed by atoms with E-state index in [-0.39, 0.29) is 11.8 Å². The molecule has 0 aliphatic heterocycles. The summed E-state index contributed by atoms with van der Waals surface area (Å²) in [5, 5.41) is 9.41. The lowest BCUT2D eigenvalue weighted by Gasteiger charge is -2.14. The lowest BCUT2D eigenvalue weighted by Crippen LogP contribution is -2.25. The van der Waals surface area contributed by atoms with Gasteiger partial charge in [0.1, 0.15) is 0 Å². The van der Waals surface area contributed by atoms with Crippen molar-refractivity contribution in [3.05, 3.63) is 0 Å². The molecule has 0 aromatic rings. The van der Waals surface area contributed by atoms with Crippen molar-refractivity contribution >= 4 is 5.91 Å². The Bertz CT molecular complexity index is 154. The molecule has 0 radical (unpaired) electrons. The Balaban J connectivity index is 2.51. The molecule has 1 aliphatic carbocycles. The summed E-state index contributed by atoms with van der Waals surface area (Å²) < 4.78 is 0. The molecule has 0 saturated heterocycles. The van der Waals surface area contributed by atoms with Crippen LogP contribution in [0.4, 0.5) is 0 Å². The highest BCUT2D eigenvalue weighted by molar-refractivity contribution is 5.77. The Morgan fingerprint density at radius 1 is 1.80 bits per heavy atom. The summed E-state index contributed by atoms with van der Waals surface area (Å²) in [6.07, 6.45) is 1.96. The minimum absolute atomic E-state index is 0.102. The maximum atomic E-state index is 10.6. The van der Waals surface area contributed by atoms with Crippen molar-refractivity contribution in [2.24, 2.45) is 11.7 Å². The largest absolute Gasteiger partial charge is 0.390 e.